The van der Waals surface area contributed by atoms with Crippen molar-refractivity contribution in [2.24, 2.45) is 17.8 Å². The largest absolute Gasteiger partial charge is 0.491 e. The Labute approximate surface area is 192 Å². The van der Waals surface area contributed by atoms with Gasteiger partial charge in [-0.05, 0) is 44.7 Å². The second kappa shape index (κ2) is 8.72. The van der Waals surface area contributed by atoms with Crippen LogP contribution >= 0.6 is 0 Å². The summed E-state index contributed by atoms with van der Waals surface area (Å²) in [7, 11) is 0. The normalized spacial score (nSPS) is 26.0. The molecule has 1 aliphatic carbocycles. The topological polar surface area (TPSA) is 97.4 Å². The fraction of sp³-hybridized carbons (Fsp3) is 0.609. The van der Waals surface area contributed by atoms with E-state index in [1.165, 1.54) is 30.0 Å². The number of piperidine rings is 1. The van der Waals surface area contributed by atoms with Crippen LogP contribution in [0.1, 0.15) is 27.7 Å². The first-order chi connectivity index (χ1) is 15.5. The van der Waals surface area contributed by atoms with Crippen molar-refractivity contribution in [1.82, 2.24) is 10.2 Å². The second-order valence-corrected chi connectivity index (χ2v) is 9.85. The summed E-state index contributed by atoms with van der Waals surface area (Å²) in [4.78, 5) is 38.8. The number of amides is 3. The Bertz CT molecular complexity index is 937. The molecule has 4 atom stereocenters. The Morgan fingerprint density at radius 3 is 2.55 bits per heavy atom. The molecule has 0 radical (unpaired) electrons. The molecular weight excluding hydrogens is 433 g/mol. The SMILES string of the molecule is CC(=O)NC[C@H]1CN(c2cc(F)ccc2OCC2C3CN(C(=O)OC(C)(C)C)C[C@H]23)C(=O)O1. The lowest BCUT2D eigenvalue weighted by molar-refractivity contribution is -0.119. The molecule has 0 bridgehead atoms. The zero-order valence-electron chi connectivity index (χ0n) is 19.3. The van der Waals surface area contributed by atoms with Crippen molar-refractivity contribution in [2.45, 2.75) is 39.4 Å². The number of cyclic esters (lactones) is 1. The molecule has 2 aliphatic heterocycles. The third-order valence-corrected chi connectivity index (χ3v) is 6.12. The van der Waals surface area contributed by atoms with Crippen molar-refractivity contribution < 1.29 is 33.0 Å². The number of carbonyl (C=O) groups excluding carboxylic acids is 3. The van der Waals surface area contributed by atoms with Crippen LogP contribution < -0.4 is 15.0 Å². The molecule has 3 amide bonds. The Hall–Kier alpha value is -3.04. The summed E-state index contributed by atoms with van der Waals surface area (Å²) >= 11 is 0. The van der Waals surface area contributed by atoms with Crippen molar-refractivity contribution in [1.29, 1.82) is 0 Å². The molecule has 0 spiro atoms. The first-order valence-electron chi connectivity index (χ1n) is 11.1. The maximum Gasteiger partial charge on any atom is 0.414 e. The molecule has 9 nitrogen and oxygen atoms in total. The van der Waals surface area contributed by atoms with Crippen LogP contribution in [0.15, 0.2) is 18.2 Å². The number of nitrogens with one attached hydrogen (secondary N) is 1. The van der Waals surface area contributed by atoms with Gasteiger partial charge in [-0.2, -0.15) is 0 Å². The van der Waals surface area contributed by atoms with Gasteiger partial charge < -0.3 is 24.4 Å². The van der Waals surface area contributed by atoms with Gasteiger partial charge >= 0.3 is 12.2 Å². The highest BCUT2D eigenvalue weighted by Crippen LogP contribution is 2.52. The average Bonchev–Trinajstić information content (AvgIpc) is 3.02. The second-order valence-electron chi connectivity index (χ2n) is 9.85. The van der Waals surface area contributed by atoms with E-state index in [4.69, 9.17) is 14.2 Å². The lowest BCUT2D eigenvalue weighted by Crippen LogP contribution is -2.37. The number of hydrogen-bond donors (Lipinski definition) is 1. The molecule has 2 heterocycles. The average molecular weight is 464 g/mol. The van der Waals surface area contributed by atoms with Crippen molar-refractivity contribution in [3.63, 3.8) is 0 Å². The van der Waals surface area contributed by atoms with E-state index in [0.29, 0.717) is 48.9 Å². The predicted molar refractivity (Wildman–Crippen MR) is 116 cm³/mol. The van der Waals surface area contributed by atoms with Crippen molar-refractivity contribution in [2.75, 3.05) is 37.7 Å². The fourth-order valence-electron chi connectivity index (χ4n) is 4.46. The lowest BCUT2D eigenvalue weighted by atomic mass is 10.2. The number of likely N-dealkylation sites (tertiary alicyclic amines) is 1. The van der Waals surface area contributed by atoms with Crippen molar-refractivity contribution in [3.05, 3.63) is 24.0 Å². The van der Waals surface area contributed by atoms with Gasteiger partial charge in [0.2, 0.25) is 5.91 Å². The highest BCUT2D eigenvalue weighted by atomic mass is 19.1. The summed E-state index contributed by atoms with van der Waals surface area (Å²) in [5.74, 6) is 0.661. The third kappa shape index (κ3) is 5.31. The molecule has 10 heteroatoms. The zero-order valence-corrected chi connectivity index (χ0v) is 19.3. The number of nitrogens with zero attached hydrogens (tertiary/aromatic N) is 2. The molecule has 0 aromatic heterocycles. The van der Waals surface area contributed by atoms with Crippen LogP contribution in [-0.2, 0) is 14.3 Å². The minimum Gasteiger partial charge on any atom is -0.491 e. The van der Waals surface area contributed by atoms with Gasteiger partial charge in [-0.3, -0.25) is 9.69 Å². The van der Waals surface area contributed by atoms with E-state index in [9.17, 15) is 18.8 Å². The van der Waals surface area contributed by atoms with Gasteiger partial charge in [0.25, 0.3) is 0 Å². The van der Waals surface area contributed by atoms with Crippen LogP contribution in [0, 0.1) is 23.6 Å². The van der Waals surface area contributed by atoms with Gasteiger partial charge in [0.05, 0.1) is 25.4 Å². The van der Waals surface area contributed by atoms with E-state index in [0.717, 1.165) is 0 Å². The highest BCUT2D eigenvalue weighted by Gasteiger charge is 2.57. The van der Waals surface area contributed by atoms with Crippen LogP contribution in [0.2, 0.25) is 0 Å². The van der Waals surface area contributed by atoms with E-state index < -0.39 is 23.6 Å². The van der Waals surface area contributed by atoms with Crippen LogP contribution in [0.25, 0.3) is 0 Å². The number of hydrogen-bond acceptors (Lipinski definition) is 6. The Kier molecular flexibility index (Phi) is 6.11. The predicted octanol–water partition coefficient (Wildman–Crippen LogP) is 2.78. The number of anilines is 1. The molecule has 2 saturated heterocycles. The molecular formula is C23H30FN3O6. The third-order valence-electron chi connectivity index (χ3n) is 6.12. The zero-order chi connectivity index (χ0) is 23.9. The van der Waals surface area contributed by atoms with Gasteiger partial charge in [-0.1, -0.05) is 0 Å². The Morgan fingerprint density at radius 1 is 1.21 bits per heavy atom. The quantitative estimate of drug-likeness (QED) is 0.697. The number of rotatable bonds is 6. The lowest BCUT2D eigenvalue weighted by Gasteiger charge is -2.26. The van der Waals surface area contributed by atoms with Crippen LogP contribution in [0.4, 0.5) is 19.7 Å². The first kappa shape index (κ1) is 23.1. The molecule has 1 N–H and O–H groups in total. The van der Waals surface area contributed by atoms with Gasteiger partial charge in [0.1, 0.15) is 23.3 Å². The Balaban J connectivity index is 1.33. The smallest absolute Gasteiger partial charge is 0.414 e. The summed E-state index contributed by atoms with van der Waals surface area (Å²) < 4.78 is 30.7. The molecule has 1 aromatic rings. The monoisotopic (exact) mass is 463 g/mol. The molecule has 33 heavy (non-hydrogen) atoms. The van der Waals surface area contributed by atoms with Crippen molar-refractivity contribution >= 4 is 23.8 Å². The number of carbonyl (C=O) groups is 3. The standard InChI is InChI=1S/C23H30FN3O6/c1-13(28)25-8-15-9-27(22(30)32-15)19-7-14(24)5-6-20(19)31-12-18-16-10-26(11-17(16)18)21(29)33-23(2,3)4/h5-7,15-18H,8-12H2,1-4H3,(H,25,28)/t15-,16-,17?,18?/m0/s1. The maximum absolute atomic E-state index is 14.0. The number of benzene rings is 1. The maximum atomic E-state index is 14.0. The summed E-state index contributed by atoms with van der Waals surface area (Å²) in [5.41, 5.74) is -0.227. The van der Waals surface area contributed by atoms with Gasteiger partial charge in [0, 0.05) is 32.0 Å². The highest BCUT2D eigenvalue weighted by molar-refractivity contribution is 5.91. The van der Waals surface area contributed by atoms with E-state index in [1.54, 1.807) is 4.90 Å². The van der Waals surface area contributed by atoms with Gasteiger partial charge in [-0.15, -0.1) is 0 Å². The molecule has 180 valence electrons. The molecule has 2 unspecified atom stereocenters. The summed E-state index contributed by atoms with van der Waals surface area (Å²) in [6.45, 7) is 8.95. The minimum absolute atomic E-state index is 0.179. The molecule has 3 aliphatic rings. The molecule has 1 saturated carbocycles. The van der Waals surface area contributed by atoms with Crippen LogP contribution in [0.5, 0.6) is 5.75 Å². The Morgan fingerprint density at radius 2 is 1.91 bits per heavy atom. The van der Waals surface area contributed by atoms with E-state index in [1.807, 2.05) is 20.8 Å². The fourth-order valence-corrected chi connectivity index (χ4v) is 4.46. The minimum atomic E-state index is -0.614. The van der Waals surface area contributed by atoms with Crippen LogP contribution in [0.3, 0.4) is 0 Å². The number of halogens is 1. The molecule has 1 aromatic carbocycles. The first-order valence-corrected chi connectivity index (χ1v) is 11.1. The number of fused-ring (bicyclic) bond motifs is 1. The summed E-state index contributed by atoms with van der Waals surface area (Å²) in [6.07, 6.45) is -1.44. The van der Waals surface area contributed by atoms with Crippen LogP contribution in [-0.4, -0.2) is 67.5 Å². The van der Waals surface area contributed by atoms with E-state index in [2.05, 4.69) is 5.32 Å². The molecule has 4 rings (SSSR count). The van der Waals surface area contributed by atoms with Crippen molar-refractivity contribution in [3.8, 4) is 5.75 Å². The number of ether oxygens (including phenoxy) is 3. The van der Waals surface area contributed by atoms with Gasteiger partial charge in [0.15, 0.2) is 0 Å². The molecule has 3 fully saturated rings. The van der Waals surface area contributed by atoms with E-state index >= 15 is 0 Å². The summed E-state index contributed by atoms with van der Waals surface area (Å²) in [6, 6.07) is 4.03. The van der Waals surface area contributed by atoms with E-state index in [-0.39, 0.29) is 25.1 Å². The van der Waals surface area contributed by atoms with Gasteiger partial charge in [-0.25, -0.2) is 14.0 Å². The summed E-state index contributed by atoms with van der Waals surface area (Å²) in [5, 5.41) is 2.62.